The van der Waals surface area contributed by atoms with E-state index in [1.807, 2.05) is 74.5 Å². The molecule has 0 bridgehead atoms. The molecule has 0 radical (unpaired) electrons. The number of anilines is 1. The van der Waals surface area contributed by atoms with Crippen LogP contribution in [-0.4, -0.2) is 18.4 Å². The molecule has 4 nitrogen and oxygen atoms in total. The fraction of sp³-hybridized carbons (Fsp3) is 0.167. The summed E-state index contributed by atoms with van der Waals surface area (Å²) in [5, 5.41) is 5.56. The second kappa shape index (κ2) is 9.00. The SMILES string of the molecule is Cc1cccc(C)c1NC(=O)CNC(=O)Cc1ccc(-c2ccccc2)cc1. The van der Waals surface area contributed by atoms with Gasteiger partial charge in [0.2, 0.25) is 11.8 Å². The van der Waals surface area contributed by atoms with Crippen molar-refractivity contribution in [3.8, 4) is 11.1 Å². The van der Waals surface area contributed by atoms with E-state index < -0.39 is 0 Å². The minimum absolute atomic E-state index is 0.0469. The highest BCUT2D eigenvalue weighted by Gasteiger charge is 2.10. The molecule has 0 aliphatic carbocycles. The number of amides is 2. The molecule has 0 atom stereocenters. The number of nitrogens with one attached hydrogen (secondary N) is 2. The standard InChI is InChI=1S/C24H24N2O2/c1-17-7-6-8-18(2)24(17)26-23(28)16-25-22(27)15-19-11-13-21(14-12-19)20-9-4-3-5-10-20/h3-14H,15-16H2,1-2H3,(H,25,27)(H,26,28). The summed E-state index contributed by atoms with van der Waals surface area (Å²) in [6, 6.07) is 23.8. The van der Waals surface area contributed by atoms with Crippen molar-refractivity contribution in [2.24, 2.45) is 0 Å². The van der Waals surface area contributed by atoms with E-state index in [2.05, 4.69) is 22.8 Å². The summed E-state index contributed by atoms with van der Waals surface area (Å²) in [7, 11) is 0. The first-order valence-electron chi connectivity index (χ1n) is 9.30. The van der Waals surface area contributed by atoms with Crippen molar-refractivity contribution in [3.05, 3.63) is 89.5 Å². The normalized spacial score (nSPS) is 10.4. The molecule has 0 fully saturated rings. The van der Waals surface area contributed by atoms with Crippen LogP contribution in [0.3, 0.4) is 0 Å². The third-order valence-electron chi connectivity index (χ3n) is 4.62. The number of carbonyl (C=O) groups is 2. The topological polar surface area (TPSA) is 58.2 Å². The third kappa shape index (κ3) is 5.07. The van der Waals surface area contributed by atoms with Gasteiger partial charge in [-0.2, -0.15) is 0 Å². The molecule has 142 valence electrons. The summed E-state index contributed by atoms with van der Waals surface area (Å²) >= 11 is 0. The van der Waals surface area contributed by atoms with Gasteiger partial charge < -0.3 is 10.6 Å². The van der Waals surface area contributed by atoms with Crippen molar-refractivity contribution in [1.29, 1.82) is 0 Å². The predicted molar refractivity (Wildman–Crippen MR) is 113 cm³/mol. The van der Waals surface area contributed by atoms with Gasteiger partial charge in [-0.05, 0) is 41.7 Å². The van der Waals surface area contributed by atoms with Crippen LogP contribution in [0, 0.1) is 13.8 Å². The highest BCUT2D eigenvalue weighted by molar-refractivity contribution is 5.96. The van der Waals surface area contributed by atoms with Crippen LogP contribution in [0.15, 0.2) is 72.8 Å². The Morgan fingerprint density at radius 2 is 1.32 bits per heavy atom. The molecule has 0 saturated heterocycles. The molecule has 0 spiro atoms. The lowest BCUT2D eigenvalue weighted by Gasteiger charge is -2.12. The van der Waals surface area contributed by atoms with E-state index in [4.69, 9.17) is 0 Å². The zero-order valence-corrected chi connectivity index (χ0v) is 16.2. The van der Waals surface area contributed by atoms with E-state index in [9.17, 15) is 9.59 Å². The van der Waals surface area contributed by atoms with Gasteiger partial charge >= 0.3 is 0 Å². The molecular weight excluding hydrogens is 348 g/mol. The van der Waals surface area contributed by atoms with E-state index in [0.29, 0.717) is 0 Å². The lowest BCUT2D eigenvalue weighted by atomic mass is 10.0. The van der Waals surface area contributed by atoms with Crippen molar-refractivity contribution in [3.63, 3.8) is 0 Å². The molecule has 0 aromatic heterocycles. The van der Waals surface area contributed by atoms with Gasteiger partial charge in [-0.3, -0.25) is 9.59 Å². The molecule has 0 unspecified atom stereocenters. The predicted octanol–water partition coefficient (Wildman–Crippen LogP) is 4.27. The number of carbonyl (C=O) groups excluding carboxylic acids is 2. The van der Waals surface area contributed by atoms with Crippen molar-refractivity contribution in [2.75, 3.05) is 11.9 Å². The molecule has 3 aromatic rings. The Morgan fingerprint density at radius 3 is 1.96 bits per heavy atom. The number of para-hydroxylation sites is 1. The number of hydrogen-bond acceptors (Lipinski definition) is 2. The van der Waals surface area contributed by atoms with Crippen molar-refractivity contribution < 1.29 is 9.59 Å². The number of rotatable bonds is 6. The second-order valence-electron chi connectivity index (χ2n) is 6.83. The first-order chi connectivity index (χ1) is 13.5. The molecule has 0 heterocycles. The summed E-state index contributed by atoms with van der Waals surface area (Å²) in [6.07, 6.45) is 0.242. The average Bonchev–Trinajstić information content (AvgIpc) is 2.70. The van der Waals surface area contributed by atoms with Crippen LogP contribution >= 0.6 is 0 Å². The highest BCUT2D eigenvalue weighted by Crippen LogP contribution is 2.20. The molecule has 4 heteroatoms. The van der Waals surface area contributed by atoms with Crippen LogP contribution in [0.5, 0.6) is 0 Å². The maximum absolute atomic E-state index is 12.2. The van der Waals surface area contributed by atoms with Gasteiger partial charge in [-0.15, -0.1) is 0 Å². The first kappa shape index (κ1) is 19.4. The lowest BCUT2D eigenvalue weighted by Crippen LogP contribution is -2.34. The average molecular weight is 372 g/mol. The minimum atomic E-state index is -0.231. The first-order valence-corrected chi connectivity index (χ1v) is 9.30. The fourth-order valence-corrected chi connectivity index (χ4v) is 3.07. The molecule has 0 aliphatic heterocycles. The molecular formula is C24H24N2O2. The molecule has 0 saturated carbocycles. The van der Waals surface area contributed by atoms with Crippen LogP contribution in [-0.2, 0) is 16.0 Å². The summed E-state index contributed by atoms with van der Waals surface area (Å²) < 4.78 is 0. The monoisotopic (exact) mass is 372 g/mol. The Balaban J connectivity index is 1.51. The largest absolute Gasteiger partial charge is 0.347 e. The molecule has 2 amide bonds. The van der Waals surface area contributed by atoms with E-state index in [1.54, 1.807) is 0 Å². The zero-order valence-electron chi connectivity index (χ0n) is 16.2. The van der Waals surface area contributed by atoms with E-state index >= 15 is 0 Å². The molecule has 0 aliphatic rings. The molecule has 28 heavy (non-hydrogen) atoms. The van der Waals surface area contributed by atoms with Gasteiger partial charge in [0.15, 0.2) is 0 Å². The van der Waals surface area contributed by atoms with Crippen LogP contribution in [0.4, 0.5) is 5.69 Å². The second-order valence-corrected chi connectivity index (χ2v) is 6.83. The van der Waals surface area contributed by atoms with E-state index in [0.717, 1.165) is 33.5 Å². The summed E-state index contributed by atoms with van der Waals surface area (Å²) in [4.78, 5) is 24.3. The lowest BCUT2D eigenvalue weighted by molar-refractivity contribution is -0.123. The van der Waals surface area contributed by atoms with Gasteiger partial charge in [0.1, 0.15) is 0 Å². The Hall–Kier alpha value is -3.40. The van der Waals surface area contributed by atoms with Gasteiger partial charge in [-0.25, -0.2) is 0 Å². The quantitative estimate of drug-likeness (QED) is 0.679. The van der Waals surface area contributed by atoms with E-state index in [-0.39, 0.29) is 24.8 Å². The van der Waals surface area contributed by atoms with Crippen LogP contribution < -0.4 is 10.6 Å². The van der Waals surface area contributed by atoms with Gasteiger partial charge in [0.25, 0.3) is 0 Å². The highest BCUT2D eigenvalue weighted by atomic mass is 16.2. The van der Waals surface area contributed by atoms with Gasteiger partial charge in [0.05, 0.1) is 13.0 Å². The number of hydrogen-bond donors (Lipinski definition) is 2. The number of benzene rings is 3. The van der Waals surface area contributed by atoms with Crippen LogP contribution in [0.1, 0.15) is 16.7 Å². The fourth-order valence-electron chi connectivity index (χ4n) is 3.07. The van der Waals surface area contributed by atoms with Gasteiger partial charge in [0, 0.05) is 5.69 Å². The van der Waals surface area contributed by atoms with Gasteiger partial charge in [-0.1, -0.05) is 72.8 Å². The molecule has 2 N–H and O–H groups in total. The van der Waals surface area contributed by atoms with Crippen molar-refractivity contribution in [1.82, 2.24) is 5.32 Å². The van der Waals surface area contributed by atoms with Crippen molar-refractivity contribution >= 4 is 17.5 Å². The summed E-state index contributed by atoms with van der Waals surface area (Å²) in [6.45, 7) is 3.84. The summed E-state index contributed by atoms with van der Waals surface area (Å²) in [5.74, 6) is -0.408. The molecule has 3 rings (SSSR count). The minimum Gasteiger partial charge on any atom is -0.347 e. The Morgan fingerprint density at radius 1 is 0.714 bits per heavy atom. The van der Waals surface area contributed by atoms with Crippen molar-refractivity contribution in [2.45, 2.75) is 20.3 Å². The maximum Gasteiger partial charge on any atom is 0.243 e. The van der Waals surface area contributed by atoms with E-state index in [1.165, 1.54) is 0 Å². The Bertz CT molecular complexity index is 943. The third-order valence-corrected chi connectivity index (χ3v) is 4.62. The van der Waals surface area contributed by atoms with Crippen LogP contribution in [0.2, 0.25) is 0 Å². The Labute approximate surface area is 165 Å². The molecule has 3 aromatic carbocycles. The zero-order chi connectivity index (χ0) is 19.9. The number of aryl methyl sites for hydroxylation is 2. The summed E-state index contributed by atoms with van der Waals surface area (Å²) in [5.41, 5.74) is 5.96. The smallest absolute Gasteiger partial charge is 0.243 e. The van der Waals surface area contributed by atoms with Crippen LogP contribution in [0.25, 0.3) is 11.1 Å². The maximum atomic E-state index is 12.2. The Kier molecular flexibility index (Phi) is 6.22.